The lowest BCUT2D eigenvalue weighted by atomic mass is 9.71. The molecule has 0 spiro atoms. The van der Waals surface area contributed by atoms with E-state index in [1.165, 1.54) is 0 Å². The summed E-state index contributed by atoms with van der Waals surface area (Å²) in [6.07, 6.45) is 5.73. The minimum absolute atomic E-state index is 0.0598. The molecule has 4 heteroatoms. The van der Waals surface area contributed by atoms with E-state index in [0.29, 0.717) is 13.0 Å². The van der Waals surface area contributed by atoms with Crippen LogP contribution in [-0.2, 0) is 16.1 Å². The van der Waals surface area contributed by atoms with Crippen LogP contribution in [0.3, 0.4) is 0 Å². The Morgan fingerprint density at radius 3 is 2.48 bits per heavy atom. The number of likely N-dealkylation sites (tertiary alicyclic amines) is 1. The number of piperidine rings is 1. The van der Waals surface area contributed by atoms with Crippen LogP contribution in [0.5, 0.6) is 0 Å². The van der Waals surface area contributed by atoms with E-state index in [1.54, 1.807) is 0 Å². The summed E-state index contributed by atoms with van der Waals surface area (Å²) in [6, 6.07) is 19.5. The number of anilines is 1. The van der Waals surface area contributed by atoms with Gasteiger partial charge in [-0.25, -0.2) is 0 Å². The number of benzene rings is 2. The summed E-state index contributed by atoms with van der Waals surface area (Å²) in [5.41, 5.74) is 1.90. The van der Waals surface area contributed by atoms with Crippen molar-refractivity contribution in [1.29, 1.82) is 0 Å². The molecule has 0 aromatic heterocycles. The van der Waals surface area contributed by atoms with Crippen molar-refractivity contribution in [2.75, 3.05) is 11.9 Å². The number of hydrogen-bond acceptors (Lipinski definition) is 2. The third kappa shape index (κ3) is 3.80. The van der Waals surface area contributed by atoms with Crippen LogP contribution in [0, 0.1) is 17.8 Å². The van der Waals surface area contributed by atoms with Crippen molar-refractivity contribution in [3.8, 4) is 0 Å². The highest BCUT2D eigenvalue weighted by Crippen LogP contribution is 2.38. The van der Waals surface area contributed by atoms with Gasteiger partial charge in [-0.15, -0.1) is 0 Å². The normalized spacial score (nSPS) is 24.4. The Kier molecular flexibility index (Phi) is 5.05. The summed E-state index contributed by atoms with van der Waals surface area (Å²) in [7, 11) is 0. The maximum Gasteiger partial charge on any atom is 0.228 e. The summed E-state index contributed by atoms with van der Waals surface area (Å²) in [4.78, 5) is 28.1. The van der Waals surface area contributed by atoms with Crippen LogP contribution >= 0.6 is 0 Å². The molecule has 27 heavy (non-hydrogen) atoms. The monoisotopic (exact) mass is 360 g/mol. The number of hydrogen-bond donors (Lipinski definition) is 1. The fourth-order valence-electron chi connectivity index (χ4n) is 4.21. The van der Waals surface area contributed by atoms with Gasteiger partial charge in [0.15, 0.2) is 0 Å². The molecule has 0 radical (unpaired) electrons. The first-order chi connectivity index (χ1) is 13.2. The van der Waals surface area contributed by atoms with Gasteiger partial charge in [-0.1, -0.05) is 60.7 Å². The number of nitrogens with zero attached hydrogens (tertiary/aromatic N) is 1. The third-order valence-corrected chi connectivity index (χ3v) is 5.59. The highest BCUT2D eigenvalue weighted by molar-refractivity contribution is 5.96. The zero-order valence-electron chi connectivity index (χ0n) is 15.3. The Balaban J connectivity index is 1.51. The van der Waals surface area contributed by atoms with Gasteiger partial charge in [-0.2, -0.15) is 0 Å². The van der Waals surface area contributed by atoms with Crippen LogP contribution in [0.2, 0.25) is 0 Å². The van der Waals surface area contributed by atoms with Gasteiger partial charge >= 0.3 is 0 Å². The summed E-state index contributed by atoms with van der Waals surface area (Å²) in [5.74, 6) is -0.379. The van der Waals surface area contributed by atoms with Crippen molar-refractivity contribution in [3.63, 3.8) is 0 Å². The predicted molar refractivity (Wildman–Crippen MR) is 106 cm³/mol. The second kappa shape index (κ2) is 7.78. The summed E-state index contributed by atoms with van der Waals surface area (Å²) in [6.45, 7) is 1.35. The molecule has 2 aromatic rings. The Bertz CT molecular complexity index is 832. The SMILES string of the molecule is O=C(Nc1ccccc1)C1CC=C[C@@H]2CCN(Cc3ccccc3)C(=O)[C@H]12. The molecule has 3 atom stereocenters. The Labute approximate surface area is 159 Å². The van der Waals surface area contributed by atoms with Crippen LogP contribution in [0.15, 0.2) is 72.8 Å². The Hall–Kier alpha value is -2.88. The van der Waals surface area contributed by atoms with Crippen molar-refractivity contribution in [2.24, 2.45) is 17.8 Å². The van der Waals surface area contributed by atoms with E-state index in [9.17, 15) is 9.59 Å². The van der Waals surface area contributed by atoms with Crippen molar-refractivity contribution in [2.45, 2.75) is 19.4 Å². The molecule has 1 N–H and O–H groups in total. The van der Waals surface area contributed by atoms with E-state index >= 15 is 0 Å². The van der Waals surface area contributed by atoms with E-state index in [-0.39, 0.29) is 29.6 Å². The number of nitrogens with one attached hydrogen (secondary N) is 1. The molecule has 4 rings (SSSR count). The Morgan fingerprint density at radius 1 is 1.04 bits per heavy atom. The van der Waals surface area contributed by atoms with Crippen molar-refractivity contribution in [1.82, 2.24) is 4.90 Å². The van der Waals surface area contributed by atoms with Gasteiger partial charge in [0.05, 0.1) is 11.8 Å². The maximum absolute atomic E-state index is 13.2. The summed E-state index contributed by atoms with van der Waals surface area (Å²) >= 11 is 0. The van der Waals surface area contributed by atoms with Gasteiger partial charge in [0.25, 0.3) is 0 Å². The second-order valence-electron chi connectivity index (χ2n) is 7.35. The first-order valence-corrected chi connectivity index (χ1v) is 9.57. The smallest absolute Gasteiger partial charge is 0.228 e. The van der Waals surface area contributed by atoms with Crippen LogP contribution in [0.25, 0.3) is 0 Å². The maximum atomic E-state index is 13.2. The van der Waals surface area contributed by atoms with Crippen LogP contribution in [-0.4, -0.2) is 23.3 Å². The molecular weight excluding hydrogens is 336 g/mol. The first-order valence-electron chi connectivity index (χ1n) is 9.57. The molecule has 0 saturated carbocycles. The lowest BCUT2D eigenvalue weighted by Gasteiger charge is -2.41. The van der Waals surface area contributed by atoms with Crippen LogP contribution in [0.1, 0.15) is 18.4 Å². The lowest BCUT2D eigenvalue weighted by molar-refractivity contribution is -0.147. The number of carbonyl (C=O) groups is 2. The van der Waals surface area contributed by atoms with Gasteiger partial charge in [0, 0.05) is 18.8 Å². The van der Waals surface area contributed by atoms with Gasteiger partial charge in [-0.05, 0) is 36.5 Å². The topological polar surface area (TPSA) is 49.4 Å². The van der Waals surface area contributed by atoms with Crippen molar-refractivity contribution < 1.29 is 9.59 Å². The number of allylic oxidation sites excluding steroid dienone is 2. The minimum Gasteiger partial charge on any atom is -0.338 e. The van der Waals surface area contributed by atoms with Crippen LogP contribution < -0.4 is 5.32 Å². The van der Waals surface area contributed by atoms with Crippen molar-refractivity contribution in [3.05, 3.63) is 78.4 Å². The average molecular weight is 360 g/mol. The highest BCUT2D eigenvalue weighted by atomic mass is 16.2. The molecule has 2 aromatic carbocycles. The largest absolute Gasteiger partial charge is 0.338 e. The fourth-order valence-corrected chi connectivity index (χ4v) is 4.21. The molecule has 0 bridgehead atoms. The first kappa shape index (κ1) is 17.5. The van der Waals surface area contributed by atoms with Crippen molar-refractivity contribution >= 4 is 17.5 Å². The van der Waals surface area contributed by atoms with Gasteiger partial charge in [-0.3, -0.25) is 9.59 Å². The molecule has 1 fully saturated rings. The van der Waals surface area contributed by atoms with Gasteiger partial charge < -0.3 is 10.2 Å². The molecule has 1 heterocycles. The fraction of sp³-hybridized carbons (Fsp3) is 0.304. The molecule has 1 aliphatic heterocycles. The van der Waals surface area contributed by atoms with E-state index in [1.807, 2.05) is 65.6 Å². The zero-order chi connectivity index (χ0) is 18.6. The standard InChI is InChI=1S/C23H24N2O2/c26-22(24-19-11-5-2-6-12-19)20-13-7-10-18-14-15-25(23(27)21(18)20)16-17-8-3-1-4-9-17/h1-12,18,20-21H,13-16H2,(H,24,26)/t18-,20?,21+/m1/s1. The van der Waals surface area contributed by atoms with E-state index < -0.39 is 0 Å². The van der Waals surface area contributed by atoms with E-state index in [4.69, 9.17) is 0 Å². The molecule has 1 aliphatic carbocycles. The second-order valence-corrected chi connectivity index (χ2v) is 7.35. The molecule has 138 valence electrons. The predicted octanol–water partition coefficient (Wildman–Crippen LogP) is 3.87. The molecule has 2 amide bonds. The third-order valence-electron chi connectivity index (χ3n) is 5.59. The highest BCUT2D eigenvalue weighted by Gasteiger charge is 2.44. The minimum atomic E-state index is -0.314. The summed E-state index contributed by atoms with van der Waals surface area (Å²) in [5, 5.41) is 2.99. The zero-order valence-corrected chi connectivity index (χ0v) is 15.3. The number of carbonyl (C=O) groups excluding carboxylic acids is 2. The number of rotatable bonds is 4. The summed E-state index contributed by atoms with van der Waals surface area (Å²) < 4.78 is 0. The molecular formula is C23H24N2O2. The molecule has 1 saturated heterocycles. The van der Waals surface area contributed by atoms with Crippen LogP contribution in [0.4, 0.5) is 5.69 Å². The average Bonchev–Trinajstić information content (AvgIpc) is 2.71. The lowest BCUT2D eigenvalue weighted by Crippen LogP contribution is -2.50. The van der Waals surface area contributed by atoms with Gasteiger partial charge in [0.2, 0.25) is 11.8 Å². The number of amides is 2. The molecule has 1 unspecified atom stereocenters. The van der Waals surface area contributed by atoms with E-state index in [2.05, 4.69) is 17.5 Å². The molecule has 2 aliphatic rings. The van der Waals surface area contributed by atoms with Gasteiger partial charge in [0.1, 0.15) is 0 Å². The number of fused-ring (bicyclic) bond motifs is 1. The Morgan fingerprint density at radius 2 is 1.74 bits per heavy atom. The number of para-hydroxylation sites is 1. The quantitative estimate of drug-likeness (QED) is 0.842. The molecule has 4 nitrogen and oxygen atoms in total. The van der Waals surface area contributed by atoms with E-state index in [0.717, 1.165) is 24.2 Å².